The van der Waals surface area contributed by atoms with Gasteiger partial charge in [0.15, 0.2) is 0 Å². The number of fused-ring (bicyclic) bond motifs is 2. The minimum absolute atomic E-state index is 0.0824. The van der Waals surface area contributed by atoms with Crippen molar-refractivity contribution in [2.45, 2.75) is 0 Å². The molecule has 3 nitrogen and oxygen atoms in total. The van der Waals surface area contributed by atoms with E-state index in [2.05, 4.69) is 101 Å². The van der Waals surface area contributed by atoms with Gasteiger partial charge in [0, 0.05) is 16.6 Å². The fraction of sp³-hybridized carbons (Fsp3) is 0. The summed E-state index contributed by atoms with van der Waals surface area (Å²) in [6.45, 7) is 7.10. The number of hydrogen-bond acceptors (Lipinski definition) is 2. The molecule has 0 bridgehead atoms. The van der Waals surface area contributed by atoms with Crippen molar-refractivity contribution >= 4 is 33.9 Å². The first kappa shape index (κ1) is 20.5. The second-order valence-corrected chi connectivity index (χ2v) is 8.42. The number of hydrogen-bond donors (Lipinski definition) is 0. The molecule has 5 aromatic rings. The largest absolute Gasteiger partial charge is 0.309 e. The lowest BCUT2D eigenvalue weighted by molar-refractivity contribution is 1.28. The molecule has 0 spiro atoms. The summed E-state index contributed by atoms with van der Waals surface area (Å²) in [5.74, 6) is 0. The van der Waals surface area contributed by atoms with Crippen molar-refractivity contribution in [2.24, 2.45) is 0 Å². The Morgan fingerprint density at radius 3 is 2.23 bits per heavy atom. The zero-order chi connectivity index (χ0) is 23.8. The molecule has 0 radical (unpaired) electrons. The average molecular weight is 446 g/mol. The predicted octanol–water partition coefficient (Wildman–Crippen LogP) is 8.74. The maximum atomic E-state index is 9.06. The van der Waals surface area contributed by atoms with Gasteiger partial charge in [-0.3, -0.25) is 0 Å². The van der Waals surface area contributed by atoms with Crippen LogP contribution in [0.15, 0.2) is 115 Å². The normalized spacial score (nSPS) is 12.1. The van der Waals surface area contributed by atoms with Crippen LogP contribution in [0.2, 0.25) is 0 Å². The van der Waals surface area contributed by atoms with E-state index in [0.29, 0.717) is 0 Å². The number of allylic oxidation sites excluding steroid dienone is 1. The molecule has 1 heterocycles. The number of rotatable bonds is 3. The first-order chi connectivity index (χ1) is 17.3. The SMILES string of the molecule is [C-]#[N+]/C(C#N)=C\c1ccc(-c2ccc3c4c(cccc24)-c2ccccc2N3c2ccccc2)cc1. The predicted molar refractivity (Wildman–Crippen MR) is 143 cm³/mol. The highest BCUT2D eigenvalue weighted by atomic mass is 15.2. The first-order valence-corrected chi connectivity index (χ1v) is 11.4. The van der Waals surface area contributed by atoms with E-state index in [1.165, 1.54) is 33.3 Å². The fourth-order valence-electron chi connectivity index (χ4n) is 4.94. The average Bonchev–Trinajstić information content (AvgIpc) is 2.93. The van der Waals surface area contributed by atoms with Crippen molar-refractivity contribution in [2.75, 3.05) is 4.90 Å². The number of benzene rings is 5. The van der Waals surface area contributed by atoms with Crippen LogP contribution in [0.3, 0.4) is 0 Å². The smallest absolute Gasteiger partial charge is 0.262 e. The molecule has 5 aromatic carbocycles. The van der Waals surface area contributed by atoms with Gasteiger partial charge in [0.05, 0.1) is 24.0 Å². The van der Waals surface area contributed by atoms with Crippen molar-refractivity contribution < 1.29 is 0 Å². The van der Waals surface area contributed by atoms with Gasteiger partial charge in [0.2, 0.25) is 0 Å². The van der Waals surface area contributed by atoms with Gasteiger partial charge in [-0.05, 0) is 58.0 Å². The quantitative estimate of drug-likeness (QED) is 0.201. The van der Waals surface area contributed by atoms with Crippen LogP contribution < -0.4 is 4.90 Å². The zero-order valence-corrected chi connectivity index (χ0v) is 18.8. The monoisotopic (exact) mass is 445 g/mol. The second-order valence-electron chi connectivity index (χ2n) is 8.42. The Balaban J connectivity index is 1.57. The summed E-state index contributed by atoms with van der Waals surface area (Å²) < 4.78 is 0. The summed E-state index contributed by atoms with van der Waals surface area (Å²) in [7, 11) is 0. The van der Waals surface area contributed by atoms with Crippen LogP contribution in [-0.4, -0.2) is 0 Å². The Morgan fingerprint density at radius 1 is 0.714 bits per heavy atom. The molecule has 1 aliphatic rings. The molecule has 6 rings (SSSR count). The fourth-order valence-corrected chi connectivity index (χ4v) is 4.94. The highest BCUT2D eigenvalue weighted by Crippen LogP contribution is 2.52. The standard InChI is InChI=1S/C32H19N3/c1-34-24(21-33)20-22-14-16-23(17-15-22)26-18-19-31-32-28(26)11-7-12-29(32)27-10-5-6-13-30(27)35(31)25-8-3-2-4-9-25/h2-20H/b24-20-. The van der Waals surface area contributed by atoms with Crippen LogP contribution in [-0.2, 0) is 0 Å². The number of para-hydroxylation sites is 2. The van der Waals surface area contributed by atoms with E-state index in [1.54, 1.807) is 6.08 Å². The molecule has 0 aliphatic carbocycles. The molecule has 0 amide bonds. The van der Waals surface area contributed by atoms with Gasteiger partial charge in [-0.2, -0.15) is 0 Å². The summed E-state index contributed by atoms with van der Waals surface area (Å²) in [5, 5.41) is 11.5. The molecule has 3 heteroatoms. The van der Waals surface area contributed by atoms with Crippen LogP contribution in [0.25, 0.3) is 43.9 Å². The van der Waals surface area contributed by atoms with Crippen LogP contribution in [0.5, 0.6) is 0 Å². The van der Waals surface area contributed by atoms with Crippen molar-refractivity contribution in [1.82, 2.24) is 0 Å². The molecule has 0 N–H and O–H groups in total. The summed E-state index contributed by atoms with van der Waals surface area (Å²) in [6, 6.07) is 39.9. The Labute approximate surface area is 204 Å². The first-order valence-electron chi connectivity index (χ1n) is 11.4. The summed E-state index contributed by atoms with van der Waals surface area (Å²) >= 11 is 0. The van der Waals surface area contributed by atoms with Gasteiger partial charge < -0.3 is 4.90 Å². The van der Waals surface area contributed by atoms with Gasteiger partial charge in [-0.15, -0.1) is 0 Å². The number of nitriles is 1. The van der Waals surface area contributed by atoms with Crippen LogP contribution in [0.1, 0.15) is 5.56 Å². The van der Waals surface area contributed by atoms with Crippen LogP contribution >= 0.6 is 0 Å². The number of nitrogens with zero attached hydrogens (tertiary/aromatic N) is 3. The lowest BCUT2D eigenvalue weighted by Gasteiger charge is -2.34. The Bertz CT molecular complexity index is 1680. The number of anilines is 3. The Kier molecular flexibility index (Phi) is 4.88. The highest BCUT2D eigenvalue weighted by molar-refractivity contribution is 6.17. The molecular weight excluding hydrogens is 426 g/mol. The molecule has 162 valence electrons. The van der Waals surface area contributed by atoms with Gasteiger partial charge in [0.25, 0.3) is 5.70 Å². The van der Waals surface area contributed by atoms with Gasteiger partial charge in [-0.25, -0.2) is 10.1 Å². The Hall–Kier alpha value is -5.12. The summed E-state index contributed by atoms with van der Waals surface area (Å²) in [5.41, 5.74) is 9.10. The molecule has 0 saturated heterocycles. The van der Waals surface area contributed by atoms with Crippen molar-refractivity contribution in [3.63, 3.8) is 0 Å². The summed E-state index contributed by atoms with van der Waals surface area (Å²) in [4.78, 5) is 5.60. The maximum Gasteiger partial charge on any atom is 0.262 e. The Morgan fingerprint density at radius 2 is 1.46 bits per heavy atom. The molecule has 35 heavy (non-hydrogen) atoms. The molecule has 0 atom stereocenters. The van der Waals surface area contributed by atoms with E-state index in [1.807, 2.05) is 24.3 Å². The molecule has 0 aromatic heterocycles. The highest BCUT2D eigenvalue weighted by Gasteiger charge is 2.26. The van der Waals surface area contributed by atoms with Crippen LogP contribution in [0, 0.1) is 17.9 Å². The van der Waals surface area contributed by atoms with Crippen molar-refractivity contribution in [1.29, 1.82) is 5.26 Å². The summed E-state index contributed by atoms with van der Waals surface area (Å²) in [6.07, 6.45) is 1.61. The minimum atomic E-state index is 0.0824. The lowest BCUT2D eigenvalue weighted by Crippen LogP contribution is -2.15. The van der Waals surface area contributed by atoms with E-state index >= 15 is 0 Å². The maximum absolute atomic E-state index is 9.06. The minimum Gasteiger partial charge on any atom is -0.309 e. The molecular formula is C32H19N3. The zero-order valence-electron chi connectivity index (χ0n) is 18.8. The third-order valence-electron chi connectivity index (χ3n) is 6.47. The molecule has 0 unspecified atom stereocenters. The second kappa shape index (κ2) is 8.34. The van der Waals surface area contributed by atoms with Gasteiger partial charge in [-0.1, -0.05) is 84.9 Å². The third kappa shape index (κ3) is 3.35. The van der Waals surface area contributed by atoms with Crippen molar-refractivity contribution in [3.05, 3.63) is 132 Å². The third-order valence-corrected chi connectivity index (χ3v) is 6.47. The van der Waals surface area contributed by atoms with E-state index in [-0.39, 0.29) is 5.70 Å². The van der Waals surface area contributed by atoms with Gasteiger partial charge >= 0.3 is 0 Å². The van der Waals surface area contributed by atoms with E-state index in [9.17, 15) is 0 Å². The lowest BCUT2D eigenvalue weighted by atomic mass is 9.87. The molecule has 1 aliphatic heterocycles. The van der Waals surface area contributed by atoms with Crippen molar-refractivity contribution in [3.8, 4) is 28.3 Å². The molecule has 0 saturated carbocycles. The van der Waals surface area contributed by atoms with E-state index < -0.39 is 0 Å². The van der Waals surface area contributed by atoms with E-state index in [4.69, 9.17) is 11.8 Å². The molecule has 0 fully saturated rings. The van der Waals surface area contributed by atoms with Gasteiger partial charge in [0.1, 0.15) is 0 Å². The van der Waals surface area contributed by atoms with Crippen LogP contribution in [0.4, 0.5) is 17.1 Å². The van der Waals surface area contributed by atoms with E-state index in [0.717, 1.165) is 22.4 Å². The topological polar surface area (TPSA) is 31.4 Å².